The van der Waals surface area contributed by atoms with E-state index in [4.69, 9.17) is 31.9 Å². The van der Waals surface area contributed by atoms with Crippen molar-refractivity contribution in [1.29, 1.82) is 0 Å². The molecule has 0 bridgehead atoms. The molecule has 31 heavy (non-hydrogen) atoms. The summed E-state index contributed by atoms with van der Waals surface area (Å²) in [6, 6.07) is 13.6. The Morgan fingerprint density at radius 1 is 1.26 bits per heavy atom. The number of halogens is 1. The zero-order valence-corrected chi connectivity index (χ0v) is 19.1. The number of carbonyl (C=O) groups excluding carboxylic acids is 1. The van der Waals surface area contributed by atoms with Crippen LogP contribution < -0.4 is 15.4 Å². The molecule has 1 aliphatic heterocycles. The van der Waals surface area contributed by atoms with Gasteiger partial charge < -0.3 is 25.2 Å². The van der Waals surface area contributed by atoms with Crippen molar-refractivity contribution in [2.75, 3.05) is 17.7 Å². The Hall–Kier alpha value is -2.05. The Kier molecular flexibility index (Phi) is 7.65. The van der Waals surface area contributed by atoms with Crippen LogP contribution in [-0.4, -0.2) is 34.5 Å². The Bertz CT molecular complexity index is 980. The average Bonchev–Trinajstić information content (AvgIpc) is 2.96. The van der Waals surface area contributed by atoms with Crippen molar-refractivity contribution < 1.29 is 23.9 Å². The van der Waals surface area contributed by atoms with E-state index in [1.54, 1.807) is 0 Å². The van der Waals surface area contributed by atoms with E-state index in [0.29, 0.717) is 17.3 Å². The van der Waals surface area contributed by atoms with Crippen LogP contribution in [0.2, 0.25) is 5.02 Å². The lowest BCUT2D eigenvalue weighted by Crippen LogP contribution is -2.34. The van der Waals surface area contributed by atoms with Crippen molar-refractivity contribution in [2.45, 2.75) is 44.7 Å². The Morgan fingerprint density at radius 2 is 2.03 bits per heavy atom. The number of amides is 1. The molecular formula is C22H28ClN2O5P. The SMILES string of the molecule is CCC1C(CC(N)=O)c2cc(OCCCP(=O)(O)O)ccc2N1Cc1cccc(Cl)c1. The van der Waals surface area contributed by atoms with E-state index < -0.39 is 7.60 Å². The number of anilines is 1. The van der Waals surface area contributed by atoms with Gasteiger partial charge in [-0.2, -0.15) is 0 Å². The normalized spacial score (nSPS) is 18.1. The van der Waals surface area contributed by atoms with E-state index in [1.807, 2.05) is 42.5 Å². The lowest BCUT2D eigenvalue weighted by Gasteiger charge is -2.29. The standard InChI is InChI=1S/C22H28ClN2O5P/c1-2-20-19(13-22(24)26)18-12-17(30-9-4-10-31(27,28)29)7-8-21(18)25(20)14-15-5-3-6-16(23)11-15/h3,5-8,11-12,19-20H,2,4,9-10,13-14H2,1H3,(H2,24,26)(H2,27,28,29). The molecule has 2 unspecified atom stereocenters. The van der Waals surface area contributed by atoms with Crippen LogP contribution >= 0.6 is 19.2 Å². The quantitative estimate of drug-likeness (QED) is 0.359. The summed E-state index contributed by atoms with van der Waals surface area (Å²) in [5, 5.41) is 0.678. The largest absolute Gasteiger partial charge is 0.494 e. The molecule has 2 aromatic carbocycles. The second-order valence-corrected chi connectivity index (χ2v) is 10.0. The van der Waals surface area contributed by atoms with E-state index >= 15 is 0 Å². The Morgan fingerprint density at radius 3 is 2.68 bits per heavy atom. The summed E-state index contributed by atoms with van der Waals surface area (Å²) in [6.07, 6.45) is 1.11. The average molecular weight is 467 g/mol. The molecule has 0 aromatic heterocycles. The highest BCUT2D eigenvalue weighted by molar-refractivity contribution is 7.51. The molecule has 9 heteroatoms. The van der Waals surface area contributed by atoms with Gasteiger partial charge in [0.25, 0.3) is 0 Å². The molecule has 1 heterocycles. The molecule has 0 saturated heterocycles. The van der Waals surface area contributed by atoms with Crippen molar-refractivity contribution in [3.05, 3.63) is 58.6 Å². The fourth-order valence-corrected chi connectivity index (χ4v) is 5.00. The third-order valence-electron chi connectivity index (χ3n) is 5.52. The first-order valence-corrected chi connectivity index (χ1v) is 12.5. The lowest BCUT2D eigenvalue weighted by atomic mass is 9.90. The fourth-order valence-electron chi connectivity index (χ4n) is 4.25. The number of hydrogen-bond donors (Lipinski definition) is 3. The van der Waals surface area contributed by atoms with Gasteiger partial charge in [-0.25, -0.2) is 0 Å². The fraction of sp³-hybridized carbons (Fsp3) is 0.409. The van der Waals surface area contributed by atoms with Crippen LogP contribution in [0.25, 0.3) is 0 Å². The summed E-state index contributed by atoms with van der Waals surface area (Å²) in [6.45, 7) is 2.95. The molecule has 3 rings (SSSR count). The number of fused-ring (bicyclic) bond motifs is 1. The van der Waals surface area contributed by atoms with E-state index in [0.717, 1.165) is 23.2 Å². The molecule has 168 valence electrons. The van der Waals surface area contributed by atoms with Gasteiger partial charge >= 0.3 is 7.60 Å². The number of hydrogen-bond acceptors (Lipinski definition) is 4. The van der Waals surface area contributed by atoms with E-state index in [2.05, 4.69) is 11.8 Å². The third-order valence-corrected chi connectivity index (χ3v) is 6.65. The van der Waals surface area contributed by atoms with Crippen LogP contribution in [0.5, 0.6) is 5.75 Å². The maximum atomic E-state index is 11.8. The molecule has 4 N–H and O–H groups in total. The van der Waals surface area contributed by atoms with Crippen molar-refractivity contribution in [3.63, 3.8) is 0 Å². The molecule has 1 aliphatic rings. The zero-order chi connectivity index (χ0) is 22.6. The van der Waals surface area contributed by atoms with Gasteiger partial charge in [-0.3, -0.25) is 9.36 Å². The number of rotatable bonds is 10. The summed E-state index contributed by atoms with van der Waals surface area (Å²) >= 11 is 6.16. The second kappa shape index (κ2) is 10.0. The summed E-state index contributed by atoms with van der Waals surface area (Å²) in [7, 11) is -4.03. The molecule has 0 saturated carbocycles. The first-order valence-electron chi connectivity index (χ1n) is 10.3. The molecule has 2 atom stereocenters. The second-order valence-electron chi connectivity index (χ2n) is 7.82. The monoisotopic (exact) mass is 466 g/mol. The minimum absolute atomic E-state index is 0.0599. The summed E-state index contributed by atoms with van der Waals surface area (Å²) in [5.41, 5.74) is 8.67. The number of nitrogens with two attached hydrogens (primary N) is 1. The molecule has 7 nitrogen and oxygen atoms in total. The maximum absolute atomic E-state index is 11.8. The number of nitrogens with zero attached hydrogens (tertiary/aromatic N) is 1. The van der Waals surface area contributed by atoms with E-state index in [9.17, 15) is 9.36 Å². The van der Waals surface area contributed by atoms with Gasteiger partial charge in [0.2, 0.25) is 5.91 Å². The lowest BCUT2D eigenvalue weighted by molar-refractivity contribution is -0.118. The summed E-state index contributed by atoms with van der Waals surface area (Å²) in [5.74, 6) is 0.195. The van der Waals surface area contributed by atoms with Crippen molar-refractivity contribution in [3.8, 4) is 5.75 Å². The molecule has 1 amide bonds. The van der Waals surface area contributed by atoms with Gasteiger partial charge in [-0.15, -0.1) is 0 Å². The number of primary amides is 1. The molecule has 0 aliphatic carbocycles. The number of benzene rings is 2. The minimum Gasteiger partial charge on any atom is -0.494 e. The maximum Gasteiger partial charge on any atom is 0.325 e. The van der Waals surface area contributed by atoms with Crippen molar-refractivity contribution in [1.82, 2.24) is 0 Å². The summed E-state index contributed by atoms with van der Waals surface area (Å²) < 4.78 is 16.7. The summed E-state index contributed by atoms with van der Waals surface area (Å²) in [4.78, 5) is 32.1. The van der Waals surface area contributed by atoms with Gasteiger partial charge in [0.1, 0.15) is 5.75 Å². The molecular weight excluding hydrogens is 439 g/mol. The van der Waals surface area contributed by atoms with Gasteiger partial charge in [0, 0.05) is 35.6 Å². The zero-order valence-electron chi connectivity index (χ0n) is 17.4. The Labute approximate surface area is 187 Å². The van der Waals surface area contributed by atoms with Crippen molar-refractivity contribution in [2.24, 2.45) is 5.73 Å². The van der Waals surface area contributed by atoms with Crippen molar-refractivity contribution >= 4 is 30.8 Å². The number of carbonyl (C=O) groups is 1. The van der Waals surface area contributed by atoms with E-state index in [-0.39, 0.29) is 43.5 Å². The topological polar surface area (TPSA) is 113 Å². The van der Waals surface area contributed by atoms with Crippen LogP contribution in [0.4, 0.5) is 5.69 Å². The smallest absolute Gasteiger partial charge is 0.325 e. The van der Waals surface area contributed by atoms with Gasteiger partial charge in [-0.1, -0.05) is 30.7 Å². The van der Waals surface area contributed by atoms with Crippen LogP contribution in [0.1, 0.15) is 43.2 Å². The number of ether oxygens (including phenoxy) is 1. The minimum atomic E-state index is -4.03. The molecule has 0 radical (unpaired) electrons. The third kappa shape index (κ3) is 6.23. The highest BCUT2D eigenvalue weighted by Crippen LogP contribution is 2.46. The van der Waals surface area contributed by atoms with Gasteiger partial charge in [0.05, 0.1) is 12.8 Å². The van der Waals surface area contributed by atoms with Gasteiger partial charge in [-0.05, 0) is 54.3 Å². The molecule has 0 spiro atoms. The van der Waals surface area contributed by atoms with Crippen LogP contribution in [0.15, 0.2) is 42.5 Å². The first kappa shape index (κ1) is 23.6. The highest BCUT2D eigenvalue weighted by Gasteiger charge is 2.38. The predicted octanol–water partition coefficient (Wildman–Crippen LogP) is 4.04. The van der Waals surface area contributed by atoms with Crippen LogP contribution in [0.3, 0.4) is 0 Å². The highest BCUT2D eigenvalue weighted by atomic mass is 35.5. The van der Waals surface area contributed by atoms with Gasteiger partial charge in [0.15, 0.2) is 0 Å². The Balaban J connectivity index is 1.85. The first-order chi connectivity index (χ1) is 14.7. The predicted molar refractivity (Wildman–Crippen MR) is 122 cm³/mol. The van der Waals surface area contributed by atoms with E-state index in [1.165, 1.54) is 0 Å². The van der Waals surface area contributed by atoms with Crippen LogP contribution in [0, 0.1) is 0 Å². The van der Waals surface area contributed by atoms with Crippen LogP contribution in [-0.2, 0) is 15.9 Å². The molecule has 0 fully saturated rings. The molecule has 2 aromatic rings.